The van der Waals surface area contributed by atoms with Gasteiger partial charge in [-0.15, -0.1) is 0 Å². The van der Waals surface area contributed by atoms with Crippen molar-refractivity contribution in [3.05, 3.63) is 70.0 Å². The van der Waals surface area contributed by atoms with E-state index in [2.05, 4.69) is 16.5 Å². The summed E-state index contributed by atoms with van der Waals surface area (Å²) in [7, 11) is 1.65. The van der Waals surface area contributed by atoms with Gasteiger partial charge < -0.3 is 10.1 Å². The smallest absolute Gasteiger partial charge is 0.221 e. The van der Waals surface area contributed by atoms with E-state index in [-0.39, 0.29) is 11.3 Å². The predicted octanol–water partition coefficient (Wildman–Crippen LogP) is 2.46. The van der Waals surface area contributed by atoms with Gasteiger partial charge in [-0.2, -0.15) is 5.10 Å². The number of carbonyl (C=O) groups is 1. The summed E-state index contributed by atoms with van der Waals surface area (Å²) in [4.78, 5) is 24.0. The Bertz CT molecular complexity index is 1010. The van der Waals surface area contributed by atoms with Crippen molar-refractivity contribution >= 4 is 16.8 Å². The Morgan fingerprint density at radius 2 is 2.04 bits per heavy atom. The number of aromatic nitrogens is 2. The minimum Gasteiger partial charge on any atom is -0.496 e. The first-order chi connectivity index (χ1) is 13.1. The molecule has 1 N–H and O–H groups in total. The van der Waals surface area contributed by atoms with Gasteiger partial charge in [-0.3, -0.25) is 14.3 Å². The van der Waals surface area contributed by atoms with Gasteiger partial charge in [-0.05, 0) is 37.1 Å². The molecule has 0 saturated heterocycles. The highest BCUT2D eigenvalue weighted by molar-refractivity contribution is 5.79. The monoisotopic (exact) mass is 365 g/mol. The fraction of sp³-hybridized carbons (Fsp3) is 0.286. The second-order valence-corrected chi connectivity index (χ2v) is 6.41. The molecule has 0 aliphatic rings. The number of rotatable bonds is 7. The van der Waals surface area contributed by atoms with E-state index in [9.17, 15) is 9.59 Å². The molecule has 140 valence electrons. The van der Waals surface area contributed by atoms with Crippen LogP contribution < -0.4 is 15.5 Å². The zero-order valence-corrected chi connectivity index (χ0v) is 15.6. The maximum Gasteiger partial charge on any atom is 0.221 e. The van der Waals surface area contributed by atoms with Gasteiger partial charge in [0.1, 0.15) is 5.75 Å². The summed E-state index contributed by atoms with van der Waals surface area (Å²) in [5.41, 5.74) is 2.86. The number of benzene rings is 2. The molecule has 1 heterocycles. The third-order valence-electron chi connectivity index (χ3n) is 4.47. The first-order valence-corrected chi connectivity index (χ1v) is 8.93. The second kappa shape index (κ2) is 8.49. The molecule has 0 saturated carbocycles. The fourth-order valence-corrected chi connectivity index (χ4v) is 3.07. The van der Waals surface area contributed by atoms with E-state index in [0.717, 1.165) is 22.4 Å². The Hall–Kier alpha value is -3.15. The molecule has 6 heteroatoms. The normalized spacial score (nSPS) is 10.7. The summed E-state index contributed by atoms with van der Waals surface area (Å²) in [6.07, 6.45) is 2.30. The summed E-state index contributed by atoms with van der Waals surface area (Å²) >= 11 is 0. The average molecular weight is 365 g/mol. The third-order valence-corrected chi connectivity index (χ3v) is 4.47. The highest BCUT2D eigenvalue weighted by atomic mass is 16.5. The first kappa shape index (κ1) is 18.6. The Kier molecular flexibility index (Phi) is 5.86. The lowest BCUT2D eigenvalue weighted by atomic mass is 10.1. The van der Waals surface area contributed by atoms with Crippen molar-refractivity contribution in [1.82, 2.24) is 15.1 Å². The number of hydrogen-bond acceptors (Lipinski definition) is 4. The maximum absolute atomic E-state index is 12.2. The van der Waals surface area contributed by atoms with E-state index in [1.54, 1.807) is 17.9 Å². The molecule has 0 spiro atoms. The Labute approximate surface area is 157 Å². The van der Waals surface area contributed by atoms with Crippen molar-refractivity contribution in [2.45, 2.75) is 26.3 Å². The van der Waals surface area contributed by atoms with Crippen molar-refractivity contribution < 1.29 is 9.53 Å². The number of nitrogens with one attached hydrogen (secondary N) is 1. The fourth-order valence-electron chi connectivity index (χ4n) is 3.07. The van der Waals surface area contributed by atoms with Crippen molar-refractivity contribution in [3.63, 3.8) is 0 Å². The first-order valence-electron chi connectivity index (χ1n) is 8.93. The summed E-state index contributed by atoms with van der Waals surface area (Å²) in [6.45, 7) is 2.99. The summed E-state index contributed by atoms with van der Waals surface area (Å²) in [5, 5.41) is 7.69. The molecule has 2 aromatic carbocycles. The maximum atomic E-state index is 12.2. The van der Waals surface area contributed by atoms with Gasteiger partial charge in [0.25, 0.3) is 0 Å². The SMILES string of the molecule is COc1ccc(C)cc1CCNC(=O)CCn1ncc(=O)c2ccccc21. The molecule has 27 heavy (non-hydrogen) atoms. The van der Waals surface area contributed by atoms with Gasteiger partial charge in [0.15, 0.2) is 0 Å². The third kappa shape index (κ3) is 4.53. The van der Waals surface area contributed by atoms with E-state index < -0.39 is 0 Å². The molecule has 6 nitrogen and oxygen atoms in total. The summed E-state index contributed by atoms with van der Waals surface area (Å²) in [6, 6.07) is 13.3. The van der Waals surface area contributed by atoms with Crippen molar-refractivity contribution in [2.24, 2.45) is 0 Å². The number of nitrogens with zero attached hydrogens (tertiary/aromatic N) is 2. The Morgan fingerprint density at radius 3 is 2.85 bits per heavy atom. The molecular formula is C21H23N3O3. The standard InChI is InChI=1S/C21H23N3O3/c1-15-7-8-20(27-2)16(13-15)9-11-22-21(26)10-12-24-18-6-4-3-5-17(18)19(25)14-23-24/h3-8,13-14H,9-12H2,1-2H3,(H,22,26). The predicted molar refractivity (Wildman–Crippen MR) is 105 cm³/mol. The van der Waals surface area contributed by atoms with Crippen LogP contribution in [0.5, 0.6) is 5.75 Å². The van der Waals surface area contributed by atoms with Crippen molar-refractivity contribution in [1.29, 1.82) is 0 Å². The lowest BCUT2D eigenvalue weighted by Gasteiger charge is -2.11. The Morgan fingerprint density at radius 1 is 1.22 bits per heavy atom. The average Bonchev–Trinajstić information content (AvgIpc) is 2.68. The topological polar surface area (TPSA) is 73.2 Å². The van der Waals surface area contributed by atoms with Crippen LogP contribution in [0.1, 0.15) is 17.5 Å². The molecule has 1 amide bonds. The van der Waals surface area contributed by atoms with Gasteiger partial charge >= 0.3 is 0 Å². The lowest BCUT2D eigenvalue weighted by Crippen LogP contribution is -2.27. The number of para-hydroxylation sites is 1. The van der Waals surface area contributed by atoms with Crippen molar-refractivity contribution in [2.75, 3.05) is 13.7 Å². The zero-order valence-electron chi connectivity index (χ0n) is 15.6. The van der Waals surface area contributed by atoms with Crippen LogP contribution >= 0.6 is 0 Å². The molecule has 0 aliphatic heterocycles. The van der Waals surface area contributed by atoms with Crippen LogP contribution in [0, 0.1) is 6.92 Å². The molecular weight excluding hydrogens is 342 g/mol. The van der Waals surface area contributed by atoms with E-state index in [4.69, 9.17) is 4.74 Å². The van der Waals surface area contributed by atoms with Crippen LogP contribution in [0.2, 0.25) is 0 Å². The van der Waals surface area contributed by atoms with Gasteiger partial charge in [0.05, 0.1) is 25.4 Å². The number of hydrogen-bond donors (Lipinski definition) is 1. The summed E-state index contributed by atoms with van der Waals surface area (Å²) < 4.78 is 7.06. The molecule has 3 rings (SSSR count). The van der Waals surface area contributed by atoms with Gasteiger partial charge in [-0.1, -0.05) is 29.8 Å². The number of fused-ring (bicyclic) bond motifs is 1. The van der Waals surface area contributed by atoms with Gasteiger partial charge in [0, 0.05) is 18.4 Å². The minimum atomic E-state index is -0.113. The lowest BCUT2D eigenvalue weighted by molar-refractivity contribution is -0.121. The zero-order chi connectivity index (χ0) is 19.2. The highest BCUT2D eigenvalue weighted by Gasteiger charge is 2.08. The van der Waals surface area contributed by atoms with Crippen LogP contribution in [-0.4, -0.2) is 29.3 Å². The van der Waals surface area contributed by atoms with Crippen LogP contribution in [-0.2, 0) is 17.8 Å². The number of aryl methyl sites for hydroxylation is 2. The molecule has 0 radical (unpaired) electrons. The Balaban J connectivity index is 1.56. The summed E-state index contributed by atoms with van der Waals surface area (Å²) in [5.74, 6) is 0.782. The van der Waals surface area contributed by atoms with E-state index in [0.29, 0.717) is 31.3 Å². The molecule has 0 aliphatic carbocycles. The van der Waals surface area contributed by atoms with Gasteiger partial charge in [-0.25, -0.2) is 0 Å². The quantitative estimate of drug-likeness (QED) is 0.698. The van der Waals surface area contributed by atoms with Crippen molar-refractivity contribution in [3.8, 4) is 5.75 Å². The molecule has 0 bridgehead atoms. The number of methoxy groups -OCH3 is 1. The molecule has 0 fully saturated rings. The second-order valence-electron chi connectivity index (χ2n) is 6.41. The molecule has 3 aromatic rings. The number of carbonyl (C=O) groups excluding carboxylic acids is 1. The largest absolute Gasteiger partial charge is 0.496 e. The number of amides is 1. The number of ether oxygens (including phenoxy) is 1. The van der Waals surface area contributed by atoms with Crippen LogP contribution in [0.15, 0.2) is 53.5 Å². The van der Waals surface area contributed by atoms with E-state index >= 15 is 0 Å². The molecule has 0 unspecified atom stereocenters. The van der Waals surface area contributed by atoms with E-state index in [1.165, 1.54) is 6.20 Å². The van der Waals surface area contributed by atoms with Crippen LogP contribution in [0.4, 0.5) is 0 Å². The van der Waals surface area contributed by atoms with E-state index in [1.807, 2.05) is 37.3 Å². The molecule has 1 aromatic heterocycles. The highest BCUT2D eigenvalue weighted by Crippen LogP contribution is 2.19. The van der Waals surface area contributed by atoms with Gasteiger partial charge in [0.2, 0.25) is 11.3 Å². The van der Waals surface area contributed by atoms with Crippen LogP contribution in [0.3, 0.4) is 0 Å². The minimum absolute atomic E-state index is 0.0498. The van der Waals surface area contributed by atoms with Crippen LogP contribution in [0.25, 0.3) is 10.9 Å². The molecule has 0 atom stereocenters.